The van der Waals surface area contributed by atoms with Gasteiger partial charge in [0.25, 0.3) is 0 Å². The minimum atomic E-state index is -0.218. The Labute approximate surface area is 218 Å². The molecule has 1 spiro atoms. The zero-order valence-electron chi connectivity index (χ0n) is 21.3. The molecule has 37 heavy (non-hydrogen) atoms. The van der Waals surface area contributed by atoms with Gasteiger partial charge in [-0.2, -0.15) is 0 Å². The molecule has 1 saturated heterocycles. The summed E-state index contributed by atoms with van der Waals surface area (Å²) in [5.41, 5.74) is 5.12. The zero-order valence-corrected chi connectivity index (χ0v) is 21.3. The number of benzene rings is 3. The van der Waals surface area contributed by atoms with Crippen molar-refractivity contribution in [2.24, 2.45) is 11.3 Å². The summed E-state index contributed by atoms with van der Waals surface area (Å²) >= 11 is 0. The van der Waals surface area contributed by atoms with Crippen LogP contribution in [-0.2, 0) is 11.2 Å². The van der Waals surface area contributed by atoms with E-state index in [0.29, 0.717) is 11.4 Å². The van der Waals surface area contributed by atoms with E-state index in [1.807, 2.05) is 24.3 Å². The van der Waals surface area contributed by atoms with Crippen molar-refractivity contribution in [3.05, 3.63) is 88.7 Å². The summed E-state index contributed by atoms with van der Waals surface area (Å²) in [4.78, 5) is 13.3. The molecule has 6 rings (SSSR count). The number of halogens is 1. The van der Waals surface area contributed by atoms with E-state index in [0.717, 1.165) is 74.6 Å². The lowest BCUT2D eigenvalue weighted by molar-refractivity contribution is -0.112. The molecule has 1 heterocycles. The molecule has 5 heteroatoms. The molecule has 3 aliphatic rings. The van der Waals surface area contributed by atoms with Gasteiger partial charge in [0, 0.05) is 42.0 Å². The van der Waals surface area contributed by atoms with Crippen LogP contribution in [0.15, 0.2) is 60.7 Å². The number of phenolic OH excluding ortho intramolecular Hbond substituents is 1. The first-order chi connectivity index (χ1) is 18.0. The Kier molecular flexibility index (Phi) is 6.18. The Morgan fingerprint density at radius 3 is 2.46 bits per heavy atom. The maximum atomic E-state index is 15.9. The number of fused-ring (bicyclic) bond motifs is 1. The first kappa shape index (κ1) is 24.0. The average Bonchev–Trinajstić information content (AvgIpc) is 2.91. The first-order valence-electron chi connectivity index (χ1n) is 13.4. The number of aldehydes is 1. The third kappa shape index (κ3) is 4.28. The number of aryl methyl sites for hydroxylation is 1. The van der Waals surface area contributed by atoms with Gasteiger partial charge in [0.1, 0.15) is 23.6 Å². The maximum absolute atomic E-state index is 15.9. The van der Waals surface area contributed by atoms with Gasteiger partial charge < -0.3 is 19.5 Å². The zero-order chi connectivity index (χ0) is 25.6. The van der Waals surface area contributed by atoms with Gasteiger partial charge in [0.05, 0.1) is 12.8 Å². The topological polar surface area (TPSA) is 49.8 Å². The molecule has 3 aromatic rings. The van der Waals surface area contributed by atoms with Crippen molar-refractivity contribution in [2.75, 3.05) is 25.1 Å². The third-order valence-corrected chi connectivity index (χ3v) is 9.13. The summed E-state index contributed by atoms with van der Waals surface area (Å²) in [5.74, 6) is 1.04. The number of ether oxygens (including phenoxy) is 1. The van der Waals surface area contributed by atoms with Crippen molar-refractivity contribution < 1.29 is 19.0 Å². The maximum Gasteiger partial charge on any atom is 0.147 e. The smallest absolute Gasteiger partial charge is 0.147 e. The number of nitrogens with zero attached hydrogens (tertiary/aromatic N) is 1. The van der Waals surface area contributed by atoms with Gasteiger partial charge in [-0.1, -0.05) is 36.4 Å². The van der Waals surface area contributed by atoms with Crippen LogP contribution in [0.4, 0.5) is 10.1 Å². The molecular formula is C32H34FNO3. The lowest BCUT2D eigenvalue weighted by Gasteiger charge is -2.54. The molecule has 3 aromatic carbocycles. The fourth-order valence-electron chi connectivity index (χ4n) is 7.11. The van der Waals surface area contributed by atoms with Crippen molar-refractivity contribution in [2.45, 2.75) is 50.4 Å². The van der Waals surface area contributed by atoms with E-state index in [1.165, 1.54) is 5.56 Å². The fraction of sp³-hybridized carbons (Fsp3) is 0.406. The molecule has 4 nitrogen and oxygen atoms in total. The van der Waals surface area contributed by atoms with Crippen LogP contribution in [0.3, 0.4) is 0 Å². The van der Waals surface area contributed by atoms with E-state index in [1.54, 1.807) is 19.2 Å². The Balaban J connectivity index is 1.35. The van der Waals surface area contributed by atoms with Crippen molar-refractivity contribution in [3.63, 3.8) is 0 Å². The van der Waals surface area contributed by atoms with Crippen molar-refractivity contribution in [1.29, 1.82) is 0 Å². The largest absolute Gasteiger partial charge is 0.508 e. The van der Waals surface area contributed by atoms with Crippen LogP contribution in [-0.4, -0.2) is 31.6 Å². The molecule has 0 bridgehead atoms. The Morgan fingerprint density at radius 2 is 1.76 bits per heavy atom. The lowest BCUT2D eigenvalue weighted by Crippen LogP contribution is -2.58. The predicted octanol–water partition coefficient (Wildman–Crippen LogP) is 6.60. The number of phenols is 1. The van der Waals surface area contributed by atoms with E-state index < -0.39 is 0 Å². The van der Waals surface area contributed by atoms with Gasteiger partial charge >= 0.3 is 0 Å². The van der Waals surface area contributed by atoms with Crippen LogP contribution in [0.25, 0.3) is 0 Å². The van der Waals surface area contributed by atoms with Gasteiger partial charge in [-0.25, -0.2) is 4.39 Å². The number of carbonyl (C=O) groups is 1. The minimum absolute atomic E-state index is 0.0772. The normalized spacial score (nSPS) is 22.8. The summed E-state index contributed by atoms with van der Waals surface area (Å²) in [6.07, 6.45) is 6.83. The molecule has 2 atom stereocenters. The van der Waals surface area contributed by atoms with Crippen LogP contribution in [0.5, 0.6) is 11.5 Å². The van der Waals surface area contributed by atoms with Crippen LogP contribution in [0, 0.1) is 17.2 Å². The van der Waals surface area contributed by atoms with Gasteiger partial charge in [-0.15, -0.1) is 0 Å². The molecule has 0 unspecified atom stereocenters. The standard InChI is InChI=1S/C32H34FNO3/c1-37-30-17-29(34-19-32(20-34)13-11-21(18-35)12-14-32)28(33)16-27(30)31-25(22-5-3-2-4-6-22)9-7-23-15-24(36)8-10-26(23)31/h2-6,8,10,15-18,21,25,31,36H,7,9,11-14,19-20H2,1H3/t25-,31+/m0/s1. The van der Waals surface area contributed by atoms with E-state index >= 15 is 4.39 Å². The van der Waals surface area contributed by atoms with E-state index in [9.17, 15) is 9.90 Å². The van der Waals surface area contributed by atoms with Crippen LogP contribution in [0.1, 0.15) is 66.2 Å². The second-order valence-corrected chi connectivity index (χ2v) is 11.3. The monoisotopic (exact) mass is 499 g/mol. The van der Waals surface area contributed by atoms with Gasteiger partial charge in [-0.3, -0.25) is 0 Å². The number of anilines is 1. The quantitative estimate of drug-likeness (QED) is 0.402. The van der Waals surface area contributed by atoms with Crippen molar-refractivity contribution in [3.8, 4) is 11.5 Å². The summed E-state index contributed by atoms with van der Waals surface area (Å²) < 4.78 is 21.8. The molecule has 1 aliphatic heterocycles. The highest BCUT2D eigenvalue weighted by atomic mass is 19.1. The Bertz CT molecular complexity index is 1290. The van der Waals surface area contributed by atoms with E-state index in [-0.39, 0.29) is 34.7 Å². The lowest BCUT2D eigenvalue weighted by atomic mass is 9.66. The number of rotatable bonds is 5. The molecule has 192 valence electrons. The molecule has 0 amide bonds. The number of aromatic hydroxyl groups is 1. The minimum Gasteiger partial charge on any atom is -0.508 e. The fourth-order valence-corrected chi connectivity index (χ4v) is 7.11. The average molecular weight is 500 g/mol. The molecule has 0 aromatic heterocycles. The summed E-state index contributed by atoms with van der Waals surface area (Å²) in [5, 5.41) is 10.1. The third-order valence-electron chi connectivity index (χ3n) is 9.13. The summed E-state index contributed by atoms with van der Waals surface area (Å²) in [6.45, 7) is 1.66. The number of carbonyl (C=O) groups excluding carboxylic acids is 1. The summed E-state index contributed by atoms with van der Waals surface area (Å²) in [6, 6.07) is 19.6. The van der Waals surface area contributed by atoms with E-state index in [4.69, 9.17) is 4.74 Å². The predicted molar refractivity (Wildman–Crippen MR) is 143 cm³/mol. The van der Waals surface area contributed by atoms with Crippen molar-refractivity contribution in [1.82, 2.24) is 0 Å². The van der Waals surface area contributed by atoms with Crippen LogP contribution < -0.4 is 9.64 Å². The number of hydrogen-bond acceptors (Lipinski definition) is 4. The van der Waals surface area contributed by atoms with Crippen LogP contribution in [0.2, 0.25) is 0 Å². The SMILES string of the molecule is COc1cc(N2CC3(CCC(C=O)CC3)C2)c(F)cc1[C@H]1c2ccc(O)cc2CC[C@H]1c1ccccc1. The highest BCUT2D eigenvalue weighted by Gasteiger charge is 2.46. The second-order valence-electron chi connectivity index (χ2n) is 11.3. The molecular weight excluding hydrogens is 465 g/mol. The second kappa shape index (κ2) is 9.51. The molecule has 1 saturated carbocycles. The molecule has 1 N–H and O–H groups in total. The van der Waals surface area contributed by atoms with Gasteiger partial charge in [0.15, 0.2) is 0 Å². The van der Waals surface area contributed by atoms with Gasteiger partial charge in [-0.05, 0) is 79.3 Å². The van der Waals surface area contributed by atoms with Crippen molar-refractivity contribution >= 4 is 12.0 Å². The molecule has 2 fully saturated rings. The van der Waals surface area contributed by atoms with Gasteiger partial charge in [0.2, 0.25) is 0 Å². The highest BCUT2D eigenvalue weighted by molar-refractivity contribution is 5.61. The summed E-state index contributed by atoms with van der Waals surface area (Å²) in [7, 11) is 1.66. The Hall–Kier alpha value is -3.34. The Morgan fingerprint density at radius 1 is 1.00 bits per heavy atom. The highest BCUT2D eigenvalue weighted by Crippen LogP contribution is 2.52. The first-order valence-corrected chi connectivity index (χ1v) is 13.4. The van der Waals surface area contributed by atoms with E-state index in [2.05, 4.69) is 29.2 Å². The number of methoxy groups -OCH3 is 1. The van der Waals surface area contributed by atoms with Crippen LogP contribution >= 0.6 is 0 Å². The number of hydrogen-bond donors (Lipinski definition) is 1. The molecule has 2 aliphatic carbocycles. The molecule has 0 radical (unpaired) electrons.